The summed E-state index contributed by atoms with van der Waals surface area (Å²) in [4.78, 5) is 0. The van der Waals surface area contributed by atoms with Crippen LogP contribution in [-0.4, -0.2) is 48.4 Å². The lowest BCUT2D eigenvalue weighted by Gasteiger charge is -2.53. The molecule has 1 heterocycles. The first kappa shape index (κ1) is 9.96. The summed E-state index contributed by atoms with van der Waals surface area (Å²) < 4.78 is 0. The van der Waals surface area contributed by atoms with Gasteiger partial charge in [-0.15, -0.1) is 0 Å². The molecule has 72 valence electrons. The Hall–Kier alpha value is -0.120. The standard InChI is InChI=1S/C9H21N3/c1-8-7-10(4)12(6)11(5)9(8,2)3/h8H,7H2,1-6H3. The Bertz CT molecular complexity index is 167. The zero-order chi connectivity index (χ0) is 9.52. The van der Waals surface area contributed by atoms with E-state index in [-0.39, 0.29) is 5.54 Å². The second-order valence-corrected chi connectivity index (χ2v) is 4.41. The molecule has 0 spiro atoms. The third kappa shape index (κ3) is 1.37. The summed E-state index contributed by atoms with van der Waals surface area (Å²) in [7, 11) is 6.38. The first-order valence-electron chi connectivity index (χ1n) is 4.56. The van der Waals surface area contributed by atoms with E-state index in [0.717, 1.165) is 6.54 Å². The van der Waals surface area contributed by atoms with Gasteiger partial charge in [-0.3, -0.25) is 0 Å². The van der Waals surface area contributed by atoms with Crippen LogP contribution in [0.4, 0.5) is 0 Å². The highest BCUT2D eigenvalue weighted by atomic mass is 15.9. The summed E-state index contributed by atoms with van der Waals surface area (Å²) >= 11 is 0. The molecule has 0 N–H and O–H groups in total. The van der Waals surface area contributed by atoms with E-state index >= 15 is 0 Å². The van der Waals surface area contributed by atoms with Gasteiger partial charge in [0.2, 0.25) is 0 Å². The first-order chi connectivity index (χ1) is 5.37. The highest BCUT2D eigenvalue weighted by Crippen LogP contribution is 2.29. The van der Waals surface area contributed by atoms with Crippen LogP contribution in [0.2, 0.25) is 0 Å². The average molecular weight is 171 g/mol. The Morgan fingerprint density at radius 3 is 2.17 bits per heavy atom. The van der Waals surface area contributed by atoms with Gasteiger partial charge in [0.1, 0.15) is 0 Å². The highest BCUT2D eigenvalue weighted by Gasteiger charge is 2.38. The predicted octanol–water partition coefficient (Wildman–Crippen LogP) is 1.04. The van der Waals surface area contributed by atoms with Gasteiger partial charge < -0.3 is 0 Å². The molecule has 1 rings (SSSR count). The van der Waals surface area contributed by atoms with E-state index in [1.165, 1.54) is 0 Å². The van der Waals surface area contributed by atoms with Gasteiger partial charge in [0.15, 0.2) is 0 Å². The lowest BCUT2D eigenvalue weighted by atomic mass is 9.87. The van der Waals surface area contributed by atoms with E-state index in [9.17, 15) is 0 Å². The Morgan fingerprint density at radius 1 is 1.17 bits per heavy atom. The van der Waals surface area contributed by atoms with Crippen molar-refractivity contribution >= 4 is 0 Å². The molecule has 3 heteroatoms. The fourth-order valence-electron chi connectivity index (χ4n) is 1.66. The van der Waals surface area contributed by atoms with Gasteiger partial charge in [0.05, 0.1) is 0 Å². The maximum atomic E-state index is 2.31. The van der Waals surface area contributed by atoms with E-state index in [4.69, 9.17) is 0 Å². The van der Waals surface area contributed by atoms with E-state index in [1.807, 2.05) is 0 Å². The van der Waals surface area contributed by atoms with Crippen molar-refractivity contribution in [2.45, 2.75) is 26.3 Å². The summed E-state index contributed by atoms with van der Waals surface area (Å²) in [5.74, 6) is 0.698. The van der Waals surface area contributed by atoms with Crippen LogP contribution >= 0.6 is 0 Å². The van der Waals surface area contributed by atoms with Gasteiger partial charge in [-0.2, -0.15) is 5.12 Å². The van der Waals surface area contributed by atoms with Gasteiger partial charge in [0, 0.05) is 33.2 Å². The van der Waals surface area contributed by atoms with E-state index in [1.54, 1.807) is 0 Å². The van der Waals surface area contributed by atoms with Crippen LogP contribution in [0.25, 0.3) is 0 Å². The van der Waals surface area contributed by atoms with Crippen molar-refractivity contribution in [2.24, 2.45) is 5.92 Å². The Balaban J connectivity index is 2.80. The second-order valence-electron chi connectivity index (χ2n) is 4.41. The third-order valence-corrected chi connectivity index (χ3v) is 3.51. The van der Waals surface area contributed by atoms with E-state index in [2.05, 4.69) is 57.0 Å². The Morgan fingerprint density at radius 2 is 1.67 bits per heavy atom. The molecule has 1 fully saturated rings. The number of rotatable bonds is 0. The van der Waals surface area contributed by atoms with E-state index < -0.39 is 0 Å². The van der Waals surface area contributed by atoms with Crippen LogP contribution in [0.3, 0.4) is 0 Å². The normalized spacial score (nSPS) is 34.0. The fraction of sp³-hybridized carbons (Fsp3) is 1.00. The molecule has 0 amide bonds. The Labute approximate surface area is 75.9 Å². The number of hydrogen-bond acceptors (Lipinski definition) is 3. The zero-order valence-corrected chi connectivity index (χ0v) is 9.13. The molecule has 12 heavy (non-hydrogen) atoms. The van der Waals surface area contributed by atoms with Crippen molar-refractivity contribution in [2.75, 3.05) is 27.7 Å². The zero-order valence-electron chi connectivity index (χ0n) is 9.13. The minimum absolute atomic E-state index is 0.265. The van der Waals surface area contributed by atoms with E-state index in [0.29, 0.717) is 5.92 Å². The molecule has 1 aliphatic rings. The Kier molecular flexibility index (Phi) is 2.47. The lowest BCUT2D eigenvalue weighted by Crippen LogP contribution is -2.65. The molecule has 3 nitrogen and oxygen atoms in total. The molecule has 1 unspecified atom stereocenters. The molecule has 0 aliphatic carbocycles. The fourth-order valence-corrected chi connectivity index (χ4v) is 1.66. The molecule has 1 atom stereocenters. The average Bonchev–Trinajstić information content (AvgIpc) is 1.99. The maximum Gasteiger partial charge on any atom is 0.0348 e. The molecule has 0 aromatic carbocycles. The number of hydrogen-bond donors (Lipinski definition) is 0. The second kappa shape index (κ2) is 2.98. The molecule has 1 saturated heterocycles. The lowest BCUT2D eigenvalue weighted by molar-refractivity contribution is -0.237. The van der Waals surface area contributed by atoms with Crippen molar-refractivity contribution < 1.29 is 0 Å². The van der Waals surface area contributed by atoms with Crippen LogP contribution in [-0.2, 0) is 0 Å². The molecule has 0 aromatic heterocycles. The number of nitrogens with zero attached hydrogens (tertiary/aromatic N) is 3. The van der Waals surface area contributed by atoms with Gasteiger partial charge >= 0.3 is 0 Å². The van der Waals surface area contributed by atoms with Crippen molar-refractivity contribution in [1.29, 1.82) is 0 Å². The van der Waals surface area contributed by atoms with Gasteiger partial charge in [-0.05, 0) is 19.8 Å². The van der Waals surface area contributed by atoms with Gasteiger partial charge in [-0.25, -0.2) is 10.0 Å². The molecule has 0 aromatic rings. The van der Waals surface area contributed by atoms with Crippen LogP contribution < -0.4 is 0 Å². The largest absolute Gasteiger partial charge is 0.231 e. The van der Waals surface area contributed by atoms with Crippen LogP contribution in [0.5, 0.6) is 0 Å². The molecule has 0 saturated carbocycles. The van der Waals surface area contributed by atoms with Gasteiger partial charge in [-0.1, -0.05) is 6.92 Å². The number of hydrazine groups is 2. The predicted molar refractivity (Wildman–Crippen MR) is 51.4 cm³/mol. The summed E-state index contributed by atoms with van der Waals surface area (Å²) in [6, 6.07) is 0. The summed E-state index contributed by atoms with van der Waals surface area (Å²) in [5, 5.41) is 6.72. The SMILES string of the molecule is CC1CN(C)N(C)N(C)C1(C)C. The van der Waals surface area contributed by atoms with Crippen molar-refractivity contribution in [1.82, 2.24) is 15.1 Å². The van der Waals surface area contributed by atoms with Crippen molar-refractivity contribution in [3.05, 3.63) is 0 Å². The maximum absolute atomic E-state index is 2.31. The molecule has 0 bridgehead atoms. The third-order valence-electron chi connectivity index (χ3n) is 3.51. The monoisotopic (exact) mass is 171 g/mol. The summed E-state index contributed by atoms with van der Waals surface area (Å²) in [6.07, 6.45) is 0. The molecule has 1 aliphatic heterocycles. The quantitative estimate of drug-likeness (QED) is 0.539. The minimum atomic E-state index is 0.265. The van der Waals surface area contributed by atoms with Crippen LogP contribution in [0, 0.1) is 5.92 Å². The van der Waals surface area contributed by atoms with Crippen molar-refractivity contribution in [3.63, 3.8) is 0 Å². The summed E-state index contributed by atoms with van der Waals surface area (Å²) in [5.41, 5.74) is 0.265. The molecular formula is C9H21N3. The molecular weight excluding hydrogens is 150 g/mol. The topological polar surface area (TPSA) is 9.72 Å². The minimum Gasteiger partial charge on any atom is -0.231 e. The summed E-state index contributed by atoms with van der Waals surface area (Å²) in [6.45, 7) is 8.02. The molecule has 0 radical (unpaired) electrons. The highest BCUT2D eigenvalue weighted by molar-refractivity contribution is 4.87. The first-order valence-corrected chi connectivity index (χ1v) is 4.56. The van der Waals surface area contributed by atoms with Crippen LogP contribution in [0.15, 0.2) is 0 Å². The van der Waals surface area contributed by atoms with Crippen molar-refractivity contribution in [3.8, 4) is 0 Å². The van der Waals surface area contributed by atoms with Crippen LogP contribution in [0.1, 0.15) is 20.8 Å². The smallest absolute Gasteiger partial charge is 0.0348 e. The van der Waals surface area contributed by atoms with Gasteiger partial charge in [0.25, 0.3) is 0 Å².